The minimum Gasteiger partial charge on any atom is -0.339 e. The molecule has 2 heteroatoms. The van der Waals surface area contributed by atoms with Gasteiger partial charge in [0, 0.05) is 18.5 Å². The molecule has 1 unspecified atom stereocenters. The van der Waals surface area contributed by atoms with E-state index in [1.165, 1.54) is 25.7 Å². The molecule has 0 aromatic heterocycles. The third kappa shape index (κ3) is 3.32. The predicted molar refractivity (Wildman–Crippen MR) is 79.9 cm³/mol. The van der Waals surface area contributed by atoms with Gasteiger partial charge in [-0.05, 0) is 56.3 Å². The number of hydrogen-bond acceptors (Lipinski definition) is 1. The summed E-state index contributed by atoms with van der Waals surface area (Å²) in [5, 5.41) is 0. The van der Waals surface area contributed by atoms with Crippen LogP contribution in [0.15, 0.2) is 0 Å². The number of hydrogen-bond donors (Lipinski definition) is 0. The Morgan fingerprint density at radius 1 is 0.947 bits per heavy atom. The largest absolute Gasteiger partial charge is 0.339 e. The van der Waals surface area contributed by atoms with Crippen molar-refractivity contribution in [2.75, 3.05) is 6.54 Å². The van der Waals surface area contributed by atoms with Gasteiger partial charge in [0.2, 0.25) is 5.91 Å². The first kappa shape index (κ1) is 14.9. The van der Waals surface area contributed by atoms with Crippen molar-refractivity contribution in [2.45, 2.75) is 72.3 Å². The summed E-state index contributed by atoms with van der Waals surface area (Å²) in [5.41, 5.74) is 0. The van der Waals surface area contributed by atoms with E-state index in [2.05, 4.69) is 32.6 Å². The highest BCUT2D eigenvalue weighted by molar-refractivity contribution is 5.79. The van der Waals surface area contributed by atoms with Crippen LogP contribution in [-0.4, -0.2) is 23.4 Å². The van der Waals surface area contributed by atoms with Crippen LogP contribution in [0.1, 0.15) is 66.2 Å². The van der Waals surface area contributed by atoms with Crippen LogP contribution in [0.4, 0.5) is 0 Å². The second-order valence-electron chi connectivity index (χ2n) is 7.34. The number of carbonyl (C=O) groups excluding carboxylic acids is 1. The molecule has 1 amide bonds. The first-order valence-corrected chi connectivity index (χ1v) is 8.31. The highest BCUT2D eigenvalue weighted by Gasteiger charge is 2.36. The molecule has 2 nitrogen and oxygen atoms in total. The van der Waals surface area contributed by atoms with Crippen molar-refractivity contribution < 1.29 is 4.79 Å². The molecular weight excluding hydrogens is 234 g/mol. The molecule has 1 saturated heterocycles. The lowest BCUT2D eigenvalue weighted by atomic mass is 9.76. The third-order valence-corrected chi connectivity index (χ3v) is 5.42. The summed E-state index contributed by atoms with van der Waals surface area (Å²) in [6, 6.07) is 0.510. The van der Waals surface area contributed by atoms with E-state index < -0.39 is 0 Å². The predicted octanol–water partition coefficient (Wildman–Crippen LogP) is 4.10. The second kappa shape index (κ2) is 6.28. The number of likely N-dealkylation sites (tertiary alicyclic amines) is 1. The normalized spacial score (nSPS) is 32.3. The van der Waals surface area contributed by atoms with Crippen molar-refractivity contribution in [2.24, 2.45) is 23.7 Å². The summed E-state index contributed by atoms with van der Waals surface area (Å²) in [6.45, 7) is 10.2. The van der Waals surface area contributed by atoms with Crippen LogP contribution in [0.2, 0.25) is 0 Å². The topological polar surface area (TPSA) is 20.3 Å². The molecule has 2 fully saturated rings. The highest BCUT2D eigenvalue weighted by Crippen LogP contribution is 2.36. The average Bonchev–Trinajstić information content (AvgIpc) is 2.87. The van der Waals surface area contributed by atoms with E-state index in [4.69, 9.17) is 0 Å². The second-order valence-corrected chi connectivity index (χ2v) is 7.34. The number of nitrogens with zero attached hydrogens (tertiary/aromatic N) is 1. The van der Waals surface area contributed by atoms with E-state index in [0.29, 0.717) is 23.8 Å². The van der Waals surface area contributed by atoms with Crippen molar-refractivity contribution >= 4 is 5.91 Å². The molecule has 1 atom stereocenters. The average molecular weight is 265 g/mol. The molecule has 19 heavy (non-hydrogen) atoms. The summed E-state index contributed by atoms with van der Waals surface area (Å²) in [4.78, 5) is 14.9. The number of rotatable bonds is 3. The maximum absolute atomic E-state index is 12.7. The summed E-state index contributed by atoms with van der Waals surface area (Å²) in [7, 11) is 0. The van der Waals surface area contributed by atoms with Gasteiger partial charge in [-0.2, -0.15) is 0 Å². The van der Waals surface area contributed by atoms with E-state index in [-0.39, 0.29) is 0 Å². The summed E-state index contributed by atoms with van der Waals surface area (Å²) >= 11 is 0. The molecular formula is C17H31NO. The minimum atomic E-state index is 0.328. The van der Waals surface area contributed by atoms with Gasteiger partial charge in [0.1, 0.15) is 0 Å². The zero-order valence-electron chi connectivity index (χ0n) is 13.2. The molecule has 0 spiro atoms. The smallest absolute Gasteiger partial charge is 0.225 e. The molecule has 1 aliphatic carbocycles. The van der Waals surface area contributed by atoms with Gasteiger partial charge in [0.15, 0.2) is 0 Å². The Hall–Kier alpha value is -0.530. The number of amides is 1. The van der Waals surface area contributed by atoms with Crippen LogP contribution in [0, 0.1) is 23.7 Å². The van der Waals surface area contributed by atoms with E-state index in [1.807, 2.05) is 0 Å². The Balaban J connectivity index is 1.90. The van der Waals surface area contributed by atoms with Crippen LogP contribution in [-0.2, 0) is 4.79 Å². The minimum absolute atomic E-state index is 0.328. The van der Waals surface area contributed by atoms with E-state index >= 15 is 0 Å². The van der Waals surface area contributed by atoms with Gasteiger partial charge in [-0.1, -0.05) is 27.7 Å². The molecule has 0 N–H and O–H groups in total. The maximum atomic E-state index is 12.7. The lowest BCUT2D eigenvalue weighted by Crippen LogP contribution is -2.43. The zero-order valence-corrected chi connectivity index (χ0v) is 13.2. The van der Waals surface area contributed by atoms with Crippen LogP contribution >= 0.6 is 0 Å². The van der Waals surface area contributed by atoms with Gasteiger partial charge >= 0.3 is 0 Å². The molecule has 0 bridgehead atoms. The van der Waals surface area contributed by atoms with E-state index in [1.54, 1.807) is 0 Å². The van der Waals surface area contributed by atoms with E-state index in [9.17, 15) is 4.79 Å². The molecule has 2 aliphatic rings. The molecule has 0 aromatic carbocycles. The third-order valence-electron chi connectivity index (χ3n) is 5.42. The molecule has 1 saturated carbocycles. The van der Waals surface area contributed by atoms with Gasteiger partial charge in [0.25, 0.3) is 0 Å². The Labute approximate surface area is 118 Å². The lowest BCUT2D eigenvalue weighted by molar-refractivity contribution is -0.138. The van der Waals surface area contributed by atoms with Gasteiger partial charge in [-0.3, -0.25) is 4.79 Å². The SMILES string of the molecule is CC(C)C1CCC(C(=O)N2CCCC2C(C)C)CC1. The fourth-order valence-electron chi connectivity index (χ4n) is 4.03. The monoisotopic (exact) mass is 265 g/mol. The first-order chi connectivity index (χ1) is 9.00. The van der Waals surface area contributed by atoms with Gasteiger partial charge in [-0.15, -0.1) is 0 Å². The molecule has 2 rings (SSSR count). The van der Waals surface area contributed by atoms with Crippen LogP contribution in [0.3, 0.4) is 0 Å². The summed E-state index contributed by atoms with van der Waals surface area (Å²) < 4.78 is 0. The summed E-state index contributed by atoms with van der Waals surface area (Å²) in [5.74, 6) is 3.04. The number of carbonyl (C=O) groups is 1. The Morgan fingerprint density at radius 2 is 1.58 bits per heavy atom. The molecule has 110 valence electrons. The quantitative estimate of drug-likeness (QED) is 0.752. The van der Waals surface area contributed by atoms with Crippen LogP contribution in [0.25, 0.3) is 0 Å². The van der Waals surface area contributed by atoms with Gasteiger partial charge in [0.05, 0.1) is 0 Å². The van der Waals surface area contributed by atoms with Crippen molar-refractivity contribution in [1.82, 2.24) is 4.90 Å². The van der Waals surface area contributed by atoms with Crippen molar-refractivity contribution in [3.63, 3.8) is 0 Å². The Bertz CT molecular complexity index is 302. The fourth-order valence-corrected chi connectivity index (χ4v) is 4.03. The van der Waals surface area contributed by atoms with Crippen LogP contribution in [0.5, 0.6) is 0 Å². The maximum Gasteiger partial charge on any atom is 0.225 e. The van der Waals surface area contributed by atoms with Crippen LogP contribution < -0.4 is 0 Å². The van der Waals surface area contributed by atoms with Crippen molar-refractivity contribution in [3.05, 3.63) is 0 Å². The fraction of sp³-hybridized carbons (Fsp3) is 0.941. The zero-order chi connectivity index (χ0) is 14.0. The van der Waals surface area contributed by atoms with Gasteiger partial charge in [-0.25, -0.2) is 0 Å². The highest BCUT2D eigenvalue weighted by atomic mass is 16.2. The Kier molecular flexibility index (Phi) is 4.92. The Morgan fingerprint density at radius 3 is 2.11 bits per heavy atom. The van der Waals surface area contributed by atoms with E-state index in [0.717, 1.165) is 31.2 Å². The lowest BCUT2D eigenvalue weighted by Gasteiger charge is -2.35. The van der Waals surface area contributed by atoms with Gasteiger partial charge < -0.3 is 4.90 Å². The van der Waals surface area contributed by atoms with Crippen molar-refractivity contribution in [1.29, 1.82) is 0 Å². The summed E-state index contributed by atoms with van der Waals surface area (Å²) in [6.07, 6.45) is 7.19. The molecule has 1 heterocycles. The first-order valence-electron chi connectivity index (χ1n) is 8.31. The molecule has 0 aromatic rings. The molecule has 1 aliphatic heterocycles. The van der Waals surface area contributed by atoms with Crippen molar-refractivity contribution in [3.8, 4) is 0 Å². The molecule has 0 radical (unpaired) electrons. The standard InChI is InChI=1S/C17H31NO/c1-12(2)14-7-9-15(10-8-14)17(19)18-11-5-6-16(18)13(3)4/h12-16H,5-11H2,1-4H3.